The van der Waals surface area contributed by atoms with E-state index in [2.05, 4.69) is 46.5 Å². The van der Waals surface area contributed by atoms with Crippen molar-refractivity contribution in [2.24, 2.45) is 0 Å². The van der Waals surface area contributed by atoms with Crippen LogP contribution >= 0.6 is 11.6 Å². The molecule has 0 unspecified atom stereocenters. The molecule has 128 valence electrons. The molecule has 4 nitrogen and oxygen atoms in total. The van der Waals surface area contributed by atoms with E-state index in [1.165, 1.54) is 5.56 Å². The standard InChI is InChI=1S/C20H20ClN3O/c1-13-3-5-16(6-4-13)12-22-20-23-14(2)18(19(25)24-20)11-15-7-9-17(21)10-8-15/h3-10H,11-12H2,1-2H3,(H2,22,23,24,25). The lowest BCUT2D eigenvalue weighted by Crippen LogP contribution is -2.19. The van der Waals surface area contributed by atoms with Gasteiger partial charge in [-0.1, -0.05) is 53.6 Å². The van der Waals surface area contributed by atoms with Crippen LogP contribution < -0.4 is 10.9 Å². The molecule has 3 aromatic rings. The smallest absolute Gasteiger partial charge is 0.256 e. The number of rotatable bonds is 5. The minimum absolute atomic E-state index is 0.117. The highest BCUT2D eigenvalue weighted by atomic mass is 35.5. The Morgan fingerprint density at radius 1 is 1.00 bits per heavy atom. The first kappa shape index (κ1) is 17.2. The van der Waals surface area contributed by atoms with Crippen LogP contribution in [0, 0.1) is 13.8 Å². The first-order chi connectivity index (χ1) is 12.0. The number of aryl methyl sites for hydroxylation is 2. The zero-order chi connectivity index (χ0) is 17.8. The second kappa shape index (κ2) is 7.53. The van der Waals surface area contributed by atoms with Gasteiger partial charge in [-0.2, -0.15) is 0 Å². The van der Waals surface area contributed by atoms with E-state index in [4.69, 9.17) is 11.6 Å². The van der Waals surface area contributed by atoms with Crippen LogP contribution in [0.3, 0.4) is 0 Å². The van der Waals surface area contributed by atoms with Crippen LogP contribution in [0.5, 0.6) is 0 Å². The molecule has 0 aliphatic heterocycles. The van der Waals surface area contributed by atoms with Crippen molar-refractivity contribution in [2.75, 3.05) is 5.32 Å². The van der Waals surface area contributed by atoms with Crippen molar-refractivity contribution < 1.29 is 0 Å². The molecule has 5 heteroatoms. The second-order valence-corrected chi connectivity index (χ2v) is 6.56. The van der Waals surface area contributed by atoms with Gasteiger partial charge in [-0.05, 0) is 37.1 Å². The molecule has 0 saturated carbocycles. The van der Waals surface area contributed by atoms with E-state index in [1.807, 2.05) is 31.2 Å². The van der Waals surface area contributed by atoms with Gasteiger partial charge in [0.1, 0.15) is 0 Å². The number of nitrogens with zero attached hydrogens (tertiary/aromatic N) is 1. The molecule has 25 heavy (non-hydrogen) atoms. The fourth-order valence-electron chi connectivity index (χ4n) is 2.60. The normalized spacial score (nSPS) is 10.7. The van der Waals surface area contributed by atoms with Gasteiger partial charge in [0.25, 0.3) is 5.56 Å². The highest BCUT2D eigenvalue weighted by molar-refractivity contribution is 6.30. The van der Waals surface area contributed by atoms with Crippen molar-refractivity contribution in [3.8, 4) is 0 Å². The van der Waals surface area contributed by atoms with Gasteiger partial charge >= 0.3 is 0 Å². The summed E-state index contributed by atoms with van der Waals surface area (Å²) in [4.78, 5) is 19.7. The van der Waals surface area contributed by atoms with Crippen LogP contribution in [0.2, 0.25) is 5.02 Å². The van der Waals surface area contributed by atoms with Crippen molar-refractivity contribution in [1.82, 2.24) is 9.97 Å². The molecule has 1 heterocycles. The van der Waals surface area contributed by atoms with E-state index in [-0.39, 0.29) is 5.56 Å². The first-order valence-corrected chi connectivity index (χ1v) is 8.53. The van der Waals surface area contributed by atoms with Gasteiger partial charge in [-0.15, -0.1) is 0 Å². The number of H-pyrrole nitrogens is 1. The first-order valence-electron chi connectivity index (χ1n) is 8.15. The quantitative estimate of drug-likeness (QED) is 0.721. The van der Waals surface area contributed by atoms with Gasteiger partial charge in [-0.25, -0.2) is 4.98 Å². The van der Waals surface area contributed by atoms with Crippen molar-refractivity contribution in [2.45, 2.75) is 26.8 Å². The molecular weight excluding hydrogens is 334 g/mol. The van der Waals surface area contributed by atoms with E-state index >= 15 is 0 Å². The SMILES string of the molecule is Cc1ccc(CNc2nc(C)c(Cc3ccc(Cl)cc3)c(=O)[nH]2)cc1. The summed E-state index contributed by atoms with van der Waals surface area (Å²) in [5.41, 5.74) is 4.66. The largest absolute Gasteiger partial charge is 0.352 e. The van der Waals surface area contributed by atoms with E-state index in [1.54, 1.807) is 0 Å². The lowest BCUT2D eigenvalue weighted by Gasteiger charge is -2.10. The molecule has 2 aromatic carbocycles. The van der Waals surface area contributed by atoms with Crippen molar-refractivity contribution >= 4 is 17.5 Å². The van der Waals surface area contributed by atoms with E-state index in [9.17, 15) is 4.79 Å². The molecule has 2 N–H and O–H groups in total. The Bertz CT molecular complexity index is 915. The number of aromatic nitrogens is 2. The second-order valence-electron chi connectivity index (χ2n) is 6.12. The zero-order valence-corrected chi connectivity index (χ0v) is 15.0. The molecule has 0 radical (unpaired) electrons. The molecule has 0 fully saturated rings. The van der Waals surface area contributed by atoms with Crippen LogP contribution in [0.1, 0.15) is 27.9 Å². The van der Waals surface area contributed by atoms with E-state index in [0.717, 1.165) is 16.8 Å². The fourth-order valence-corrected chi connectivity index (χ4v) is 2.73. The van der Waals surface area contributed by atoms with Crippen molar-refractivity contribution in [3.63, 3.8) is 0 Å². The van der Waals surface area contributed by atoms with Crippen LogP contribution in [-0.2, 0) is 13.0 Å². The summed E-state index contributed by atoms with van der Waals surface area (Å²) in [5, 5.41) is 3.86. The number of nitrogens with one attached hydrogen (secondary N) is 2. The Morgan fingerprint density at radius 3 is 2.28 bits per heavy atom. The Hall–Kier alpha value is -2.59. The highest BCUT2D eigenvalue weighted by Gasteiger charge is 2.09. The van der Waals surface area contributed by atoms with Gasteiger partial charge in [-0.3, -0.25) is 9.78 Å². The zero-order valence-electron chi connectivity index (χ0n) is 14.3. The van der Waals surface area contributed by atoms with Crippen LogP contribution in [0.25, 0.3) is 0 Å². The summed E-state index contributed by atoms with van der Waals surface area (Å²) in [5.74, 6) is 0.489. The molecule has 0 spiro atoms. The van der Waals surface area contributed by atoms with Crippen LogP contribution in [0.15, 0.2) is 53.3 Å². The van der Waals surface area contributed by atoms with Gasteiger partial charge < -0.3 is 5.32 Å². The van der Waals surface area contributed by atoms with Crippen LogP contribution in [-0.4, -0.2) is 9.97 Å². The maximum Gasteiger partial charge on any atom is 0.256 e. The monoisotopic (exact) mass is 353 g/mol. The third kappa shape index (κ3) is 4.48. The average molecular weight is 354 g/mol. The number of halogens is 1. The fraction of sp³-hybridized carbons (Fsp3) is 0.200. The molecule has 0 saturated heterocycles. The molecule has 0 aliphatic rings. The molecule has 0 bridgehead atoms. The van der Waals surface area contributed by atoms with E-state index < -0.39 is 0 Å². The lowest BCUT2D eigenvalue weighted by atomic mass is 10.1. The van der Waals surface area contributed by atoms with Crippen molar-refractivity contribution in [3.05, 3.63) is 91.9 Å². The average Bonchev–Trinajstić information content (AvgIpc) is 2.59. The predicted octanol–water partition coefficient (Wildman–Crippen LogP) is 4.24. The number of aromatic amines is 1. The van der Waals surface area contributed by atoms with E-state index in [0.29, 0.717) is 29.5 Å². The summed E-state index contributed by atoms with van der Waals surface area (Å²) in [6, 6.07) is 15.7. The minimum atomic E-state index is -0.117. The number of hydrogen-bond acceptors (Lipinski definition) is 3. The summed E-state index contributed by atoms with van der Waals surface area (Å²) < 4.78 is 0. The van der Waals surface area contributed by atoms with Gasteiger partial charge in [0.15, 0.2) is 0 Å². The molecule has 0 atom stereocenters. The third-order valence-electron chi connectivity index (χ3n) is 4.10. The topological polar surface area (TPSA) is 57.8 Å². The molecule has 0 amide bonds. The Kier molecular flexibility index (Phi) is 5.19. The summed E-state index contributed by atoms with van der Waals surface area (Å²) in [6.45, 7) is 4.52. The Balaban J connectivity index is 1.74. The van der Waals surface area contributed by atoms with Gasteiger partial charge in [0.2, 0.25) is 5.95 Å². The molecule has 3 rings (SSSR count). The Labute approximate surface area is 151 Å². The summed E-state index contributed by atoms with van der Waals surface area (Å²) in [6.07, 6.45) is 0.531. The maximum atomic E-state index is 12.4. The van der Waals surface area contributed by atoms with Crippen molar-refractivity contribution in [1.29, 1.82) is 0 Å². The Morgan fingerprint density at radius 2 is 1.64 bits per heavy atom. The lowest BCUT2D eigenvalue weighted by molar-refractivity contribution is 0.957. The molecular formula is C20H20ClN3O. The van der Waals surface area contributed by atoms with Gasteiger partial charge in [0, 0.05) is 23.6 Å². The minimum Gasteiger partial charge on any atom is -0.352 e. The number of benzene rings is 2. The maximum absolute atomic E-state index is 12.4. The van der Waals surface area contributed by atoms with Gasteiger partial charge in [0.05, 0.1) is 5.69 Å². The predicted molar refractivity (Wildman–Crippen MR) is 102 cm³/mol. The molecule has 0 aliphatic carbocycles. The third-order valence-corrected chi connectivity index (χ3v) is 4.35. The number of anilines is 1. The van der Waals surface area contributed by atoms with Crippen LogP contribution in [0.4, 0.5) is 5.95 Å². The molecule has 1 aromatic heterocycles. The summed E-state index contributed by atoms with van der Waals surface area (Å²) >= 11 is 5.90. The number of hydrogen-bond donors (Lipinski definition) is 2. The summed E-state index contributed by atoms with van der Waals surface area (Å²) in [7, 11) is 0. The highest BCUT2D eigenvalue weighted by Crippen LogP contribution is 2.14.